The summed E-state index contributed by atoms with van der Waals surface area (Å²) in [6.07, 6.45) is 4.09. The monoisotopic (exact) mass is 211 g/mol. The molecule has 1 saturated heterocycles. The molecule has 0 saturated carbocycles. The van der Waals surface area contributed by atoms with Crippen molar-refractivity contribution in [2.24, 2.45) is 5.73 Å². The SMILES string of the molecule is NC1CCCN(c2ccc(Cl)nc2)C1. The van der Waals surface area contributed by atoms with E-state index >= 15 is 0 Å². The molecule has 0 amide bonds. The molecule has 14 heavy (non-hydrogen) atoms. The van der Waals surface area contributed by atoms with Crippen LogP contribution >= 0.6 is 11.6 Å². The highest BCUT2D eigenvalue weighted by molar-refractivity contribution is 6.29. The van der Waals surface area contributed by atoms with Gasteiger partial charge in [0.05, 0.1) is 11.9 Å². The Morgan fingerprint density at radius 3 is 3.00 bits per heavy atom. The van der Waals surface area contributed by atoms with Crippen LogP contribution < -0.4 is 10.6 Å². The molecule has 1 aliphatic heterocycles. The average molecular weight is 212 g/mol. The summed E-state index contributed by atoms with van der Waals surface area (Å²) in [5, 5.41) is 0.537. The van der Waals surface area contributed by atoms with Gasteiger partial charge in [-0.2, -0.15) is 0 Å². The highest BCUT2D eigenvalue weighted by atomic mass is 35.5. The maximum Gasteiger partial charge on any atom is 0.129 e. The van der Waals surface area contributed by atoms with Crippen molar-refractivity contribution in [3.05, 3.63) is 23.5 Å². The van der Waals surface area contributed by atoms with Gasteiger partial charge >= 0.3 is 0 Å². The van der Waals surface area contributed by atoms with Crippen molar-refractivity contribution in [3.63, 3.8) is 0 Å². The summed E-state index contributed by atoms with van der Waals surface area (Å²) >= 11 is 5.72. The molecule has 0 aromatic carbocycles. The van der Waals surface area contributed by atoms with Crippen LogP contribution in [-0.2, 0) is 0 Å². The van der Waals surface area contributed by atoms with E-state index in [1.54, 1.807) is 6.20 Å². The lowest BCUT2D eigenvalue weighted by Gasteiger charge is -2.32. The predicted molar refractivity (Wildman–Crippen MR) is 58.7 cm³/mol. The Morgan fingerprint density at radius 2 is 2.36 bits per heavy atom. The van der Waals surface area contributed by atoms with Crippen molar-refractivity contribution >= 4 is 17.3 Å². The molecule has 2 rings (SSSR count). The van der Waals surface area contributed by atoms with Gasteiger partial charge in [0.1, 0.15) is 5.15 Å². The zero-order chi connectivity index (χ0) is 9.97. The number of hydrogen-bond donors (Lipinski definition) is 1. The summed E-state index contributed by atoms with van der Waals surface area (Å²) in [7, 11) is 0. The summed E-state index contributed by atoms with van der Waals surface area (Å²) < 4.78 is 0. The van der Waals surface area contributed by atoms with Crippen molar-refractivity contribution in [1.29, 1.82) is 0 Å². The molecule has 1 aromatic heterocycles. The van der Waals surface area contributed by atoms with E-state index in [9.17, 15) is 0 Å². The molecule has 1 aliphatic rings. The fraction of sp³-hybridized carbons (Fsp3) is 0.500. The lowest BCUT2D eigenvalue weighted by atomic mass is 10.1. The number of nitrogens with two attached hydrogens (primary N) is 1. The Morgan fingerprint density at radius 1 is 1.50 bits per heavy atom. The number of anilines is 1. The van der Waals surface area contributed by atoms with Gasteiger partial charge in [-0.1, -0.05) is 11.6 Å². The fourth-order valence-electron chi connectivity index (χ4n) is 1.80. The third-order valence-corrected chi connectivity index (χ3v) is 2.76. The lowest BCUT2D eigenvalue weighted by Crippen LogP contribution is -2.42. The van der Waals surface area contributed by atoms with Crippen LogP contribution in [0.4, 0.5) is 5.69 Å². The quantitative estimate of drug-likeness (QED) is 0.719. The Labute approximate surface area is 88.9 Å². The van der Waals surface area contributed by atoms with Gasteiger partial charge in [0, 0.05) is 19.1 Å². The van der Waals surface area contributed by atoms with E-state index < -0.39 is 0 Å². The minimum Gasteiger partial charge on any atom is -0.369 e. The van der Waals surface area contributed by atoms with Crippen LogP contribution in [0.2, 0.25) is 5.15 Å². The Bertz CT molecular complexity index is 299. The lowest BCUT2D eigenvalue weighted by molar-refractivity contribution is 0.506. The van der Waals surface area contributed by atoms with Crippen LogP contribution in [-0.4, -0.2) is 24.1 Å². The number of rotatable bonds is 1. The summed E-state index contributed by atoms with van der Waals surface area (Å²) in [4.78, 5) is 6.32. The molecule has 0 aliphatic carbocycles. The second-order valence-corrected chi connectivity index (χ2v) is 4.07. The first-order valence-corrected chi connectivity index (χ1v) is 5.25. The highest BCUT2D eigenvalue weighted by Gasteiger charge is 2.16. The summed E-state index contributed by atoms with van der Waals surface area (Å²) in [5.41, 5.74) is 7.02. The molecule has 0 radical (unpaired) electrons. The fourth-order valence-corrected chi connectivity index (χ4v) is 1.91. The molecule has 0 spiro atoms. The maximum atomic E-state index is 5.90. The van der Waals surface area contributed by atoms with Crippen molar-refractivity contribution in [2.75, 3.05) is 18.0 Å². The maximum absolute atomic E-state index is 5.90. The molecule has 2 heterocycles. The van der Waals surface area contributed by atoms with Gasteiger partial charge in [0.2, 0.25) is 0 Å². The molecule has 1 unspecified atom stereocenters. The summed E-state index contributed by atoms with van der Waals surface area (Å²) in [5.74, 6) is 0. The van der Waals surface area contributed by atoms with Crippen molar-refractivity contribution < 1.29 is 0 Å². The first-order chi connectivity index (χ1) is 6.75. The summed E-state index contributed by atoms with van der Waals surface area (Å²) in [6, 6.07) is 4.10. The van der Waals surface area contributed by atoms with E-state index in [1.807, 2.05) is 12.1 Å². The molecule has 1 fully saturated rings. The van der Waals surface area contributed by atoms with Gasteiger partial charge < -0.3 is 10.6 Å². The number of aromatic nitrogens is 1. The first kappa shape index (κ1) is 9.74. The number of halogens is 1. The van der Waals surface area contributed by atoms with Gasteiger partial charge in [0.25, 0.3) is 0 Å². The Kier molecular flexibility index (Phi) is 2.89. The van der Waals surface area contributed by atoms with Crippen LogP contribution in [0.25, 0.3) is 0 Å². The Balaban J connectivity index is 2.10. The van der Waals surface area contributed by atoms with E-state index in [0.717, 1.165) is 31.6 Å². The molecular formula is C10H14ClN3. The van der Waals surface area contributed by atoms with E-state index in [-0.39, 0.29) is 0 Å². The zero-order valence-corrected chi connectivity index (χ0v) is 8.74. The molecule has 2 N–H and O–H groups in total. The van der Waals surface area contributed by atoms with Crippen molar-refractivity contribution in [2.45, 2.75) is 18.9 Å². The van der Waals surface area contributed by atoms with Gasteiger partial charge in [-0.3, -0.25) is 0 Å². The van der Waals surface area contributed by atoms with Crippen LogP contribution in [0.15, 0.2) is 18.3 Å². The second-order valence-electron chi connectivity index (χ2n) is 3.69. The topological polar surface area (TPSA) is 42.1 Å². The van der Waals surface area contributed by atoms with Gasteiger partial charge in [-0.15, -0.1) is 0 Å². The smallest absolute Gasteiger partial charge is 0.129 e. The minimum absolute atomic E-state index is 0.291. The number of nitrogens with zero attached hydrogens (tertiary/aromatic N) is 2. The molecular weight excluding hydrogens is 198 g/mol. The van der Waals surface area contributed by atoms with Gasteiger partial charge in [-0.05, 0) is 25.0 Å². The molecule has 76 valence electrons. The number of piperidine rings is 1. The molecule has 0 bridgehead atoms. The van der Waals surface area contributed by atoms with E-state index in [1.165, 1.54) is 0 Å². The van der Waals surface area contributed by atoms with E-state index in [2.05, 4.69) is 9.88 Å². The molecule has 3 nitrogen and oxygen atoms in total. The summed E-state index contributed by atoms with van der Waals surface area (Å²) in [6.45, 7) is 1.99. The molecule has 1 aromatic rings. The second kappa shape index (κ2) is 4.15. The van der Waals surface area contributed by atoms with Crippen molar-refractivity contribution in [1.82, 2.24) is 4.98 Å². The Hall–Kier alpha value is -0.800. The normalized spacial score (nSPS) is 22.4. The third-order valence-electron chi connectivity index (χ3n) is 2.53. The van der Waals surface area contributed by atoms with E-state index in [4.69, 9.17) is 17.3 Å². The van der Waals surface area contributed by atoms with Crippen LogP contribution in [0.5, 0.6) is 0 Å². The number of hydrogen-bond acceptors (Lipinski definition) is 3. The van der Waals surface area contributed by atoms with Crippen molar-refractivity contribution in [3.8, 4) is 0 Å². The standard InChI is InChI=1S/C10H14ClN3/c11-10-4-3-9(6-13-10)14-5-1-2-8(12)7-14/h3-4,6,8H,1-2,5,7,12H2. The minimum atomic E-state index is 0.291. The zero-order valence-electron chi connectivity index (χ0n) is 7.99. The molecule has 1 atom stereocenters. The van der Waals surface area contributed by atoms with Gasteiger partial charge in [-0.25, -0.2) is 4.98 Å². The average Bonchev–Trinajstić information content (AvgIpc) is 2.19. The van der Waals surface area contributed by atoms with E-state index in [0.29, 0.717) is 11.2 Å². The van der Waals surface area contributed by atoms with Crippen LogP contribution in [0.1, 0.15) is 12.8 Å². The van der Waals surface area contributed by atoms with Crippen LogP contribution in [0, 0.1) is 0 Å². The predicted octanol–water partition coefficient (Wildman–Crippen LogP) is 1.66. The highest BCUT2D eigenvalue weighted by Crippen LogP contribution is 2.19. The number of pyridine rings is 1. The van der Waals surface area contributed by atoms with Crippen LogP contribution in [0.3, 0.4) is 0 Å². The third kappa shape index (κ3) is 2.16. The first-order valence-electron chi connectivity index (χ1n) is 4.88. The molecule has 4 heteroatoms. The van der Waals surface area contributed by atoms with Gasteiger partial charge in [0.15, 0.2) is 0 Å². The largest absolute Gasteiger partial charge is 0.369 e.